The molecule has 0 bridgehead atoms. The second kappa shape index (κ2) is 5.79. The van der Waals surface area contributed by atoms with Gasteiger partial charge in [-0.1, -0.05) is 13.8 Å². The number of hydrogen-bond acceptors (Lipinski definition) is 5. The summed E-state index contributed by atoms with van der Waals surface area (Å²) in [5.74, 6) is 0.373. The lowest BCUT2D eigenvalue weighted by Crippen LogP contribution is -2.32. The third-order valence-electron chi connectivity index (χ3n) is 3.84. The van der Waals surface area contributed by atoms with Gasteiger partial charge in [-0.05, 0) is 24.1 Å². The first-order chi connectivity index (χ1) is 10.8. The fourth-order valence-corrected chi connectivity index (χ4v) is 4.65. The average molecular weight is 352 g/mol. The van der Waals surface area contributed by atoms with Crippen molar-refractivity contribution in [3.63, 3.8) is 0 Å². The zero-order chi connectivity index (χ0) is 16.8. The van der Waals surface area contributed by atoms with Gasteiger partial charge in [0.25, 0.3) is 5.91 Å². The van der Waals surface area contributed by atoms with Gasteiger partial charge < -0.3 is 10.2 Å². The molecule has 0 unspecified atom stereocenters. The highest BCUT2D eigenvalue weighted by Gasteiger charge is 2.26. The molecule has 124 valence electrons. The molecular weight excluding hydrogens is 332 g/mol. The monoisotopic (exact) mass is 352 g/mol. The Hall–Kier alpha value is -1.60. The maximum atomic E-state index is 12.3. The van der Waals surface area contributed by atoms with Crippen molar-refractivity contribution in [1.82, 2.24) is 5.32 Å². The third kappa shape index (κ3) is 3.07. The van der Waals surface area contributed by atoms with E-state index >= 15 is 0 Å². The standard InChI is InChI=1S/C16H20N2O3S2/c1-10(2)9-18-7-6-17-16(19)15-14(18)12-8-11(23(3,20)21)4-5-13(12)22-15/h4-5,8,10H,6-7,9H2,1-3H3,(H,17,19). The van der Waals surface area contributed by atoms with Gasteiger partial charge in [-0.2, -0.15) is 0 Å². The molecule has 2 heterocycles. The second-order valence-electron chi connectivity index (χ2n) is 6.31. The van der Waals surface area contributed by atoms with Gasteiger partial charge in [-0.25, -0.2) is 8.42 Å². The molecule has 7 heteroatoms. The quantitative estimate of drug-likeness (QED) is 0.922. The molecule has 0 aliphatic carbocycles. The van der Waals surface area contributed by atoms with E-state index in [1.807, 2.05) is 0 Å². The summed E-state index contributed by atoms with van der Waals surface area (Å²) in [5, 5.41) is 3.77. The van der Waals surface area contributed by atoms with Gasteiger partial charge in [0.1, 0.15) is 4.88 Å². The Labute approximate surface area is 140 Å². The summed E-state index contributed by atoms with van der Waals surface area (Å²) in [7, 11) is -3.28. The molecule has 0 fully saturated rings. The Bertz CT molecular complexity index is 869. The Kier molecular flexibility index (Phi) is 4.10. The normalized spacial score (nSPS) is 15.7. The van der Waals surface area contributed by atoms with Crippen LogP contribution in [-0.2, 0) is 9.84 Å². The van der Waals surface area contributed by atoms with Crippen LogP contribution >= 0.6 is 11.3 Å². The molecule has 1 aliphatic heterocycles. The zero-order valence-corrected chi connectivity index (χ0v) is 15.1. The topological polar surface area (TPSA) is 66.5 Å². The molecule has 1 aromatic carbocycles. The van der Waals surface area contributed by atoms with Crippen molar-refractivity contribution in [3.8, 4) is 0 Å². The lowest BCUT2D eigenvalue weighted by Gasteiger charge is -2.25. The van der Waals surface area contributed by atoms with E-state index < -0.39 is 9.84 Å². The molecule has 0 saturated carbocycles. The molecule has 0 atom stereocenters. The molecule has 1 aromatic heterocycles. The van der Waals surface area contributed by atoms with Crippen LogP contribution in [0.2, 0.25) is 0 Å². The lowest BCUT2D eigenvalue weighted by molar-refractivity contribution is 0.0962. The van der Waals surface area contributed by atoms with Gasteiger partial charge in [0.2, 0.25) is 0 Å². The van der Waals surface area contributed by atoms with Crippen molar-refractivity contribution in [1.29, 1.82) is 0 Å². The first kappa shape index (κ1) is 16.3. The van der Waals surface area contributed by atoms with E-state index in [4.69, 9.17) is 0 Å². The fraction of sp³-hybridized carbons (Fsp3) is 0.438. The van der Waals surface area contributed by atoms with Gasteiger partial charge in [-0.3, -0.25) is 4.79 Å². The van der Waals surface area contributed by atoms with Crippen molar-refractivity contribution in [2.24, 2.45) is 5.92 Å². The highest BCUT2D eigenvalue weighted by atomic mass is 32.2. The molecule has 1 amide bonds. The predicted molar refractivity (Wildman–Crippen MR) is 94.3 cm³/mol. The van der Waals surface area contributed by atoms with Gasteiger partial charge in [0.05, 0.1) is 10.6 Å². The number of thiophene rings is 1. The van der Waals surface area contributed by atoms with E-state index in [2.05, 4.69) is 24.1 Å². The van der Waals surface area contributed by atoms with Crippen LogP contribution in [0.1, 0.15) is 23.5 Å². The number of amides is 1. The van der Waals surface area contributed by atoms with Crippen LogP contribution in [0.25, 0.3) is 10.1 Å². The Morgan fingerprint density at radius 2 is 2.09 bits per heavy atom. The van der Waals surface area contributed by atoms with E-state index in [0.29, 0.717) is 22.2 Å². The molecule has 1 aliphatic rings. The van der Waals surface area contributed by atoms with Gasteiger partial charge >= 0.3 is 0 Å². The van der Waals surface area contributed by atoms with Crippen LogP contribution in [-0.4, -0.2) is 40.2 Å². The number of anilines is 1. The number of sulfone groups is 1. The predicted octanol–water partition coefficient (Wildman–Crippen LogP) is 2.51. The SMILES string of the molecule is CC(C)CN1CCNC(=O)c2sc3ccc(S(C)(=O)=O)cc3c21. The Morgan fingerprint density at radius 3 is 2.74 bits per heavy atom. The summed E-state index contributed by atoms with van der Waals surface area (Å²) in [5.41, 5.74) is 0.874. The minimum absolute atomic E-state index is 0.0756. The van der Waals surface area contributed by atoms with Crippen LogP contribution in [0.15, 0.2) is 23.1 Å². The van der Waals surface area contributed by atoms with E-state index in [-0.39, 0.29) is 5.91 Å². The van der Waals surface area contributed by atoms with Crippen LogP contribution < -0.4 is 10.2 Å². The van der Waals surface area contributed by atoms with Crippen molar-refractivity contribution >= 4 is 42.9 Å². The van der Waals surface area contributed by atoms with Crippen LogP contribution in [0.4, 0.5) is 5.69 Å². The summed E-state index contributed by atoms with van der Waals surface area (Å²) < 4.78 is 24.7. The van der Waals surface area contributed by atoms with Crippen LogP contribution in [0.5, 0.6) is 0 Å². The number of fused-ring (bicyclic) bond motifs is 3. The maximum Gasteiger partial charge on any atom is 0.263 e. The molecule has 0 radical (unpaired) electrons. The van der Waals surface area contributed by atoms with Crippen molar-refractivity contribution in [3.05, 3.63) is 23.1 Å². The highest BCUT2D eigenvalue weighted by molar-refractivity contribution is 7.90. The van der Waals surface area contributed by atoms with Crippen molar-refractivity contribution < 1.29 is 13.2 Å². The minimum atomic E-state index is -3.28. The summed E-state index contributed by atoms with van der Waals surface area (Å²) in [6.07, 6.45) is 1.21. The lowest BCUT2D eigenvalue weighted by atomic mass is 10.1. The summed E-state index contributed by atoms with van der Waals surface area (Å²) in [6.45, 7) is 6.43. The third-order valence-corrected chi connectivity index (χ3v) is 6.11. The molecule has 1 N–H and O–H groups in total. The Morgan fingerprint density at radius 1 is 1.35 bits per heavy atom. The van der Waals surface area contributed by atoms with E-state index in [9.17, 15) is 13.2 Å². The summed E-state index contributed by atoms with van der Waals surface area (Å²) >= 11 is 1.42. The van der Waals surface area contributed by atoms with Crippen molar-refractivity contribution in [2.45, 2.75) is 18.7 Å². The molecule has 2 aromatic rings. The molecule has 23 heavy (non-hydrogen) atoms. The average Bonchev–Trinajstić information content (AvgIpc) is 2.76. The van der Waals surface area contributed by atoms with Crippen LogP contribution in [0.3, 0.4) is 0 Å². The number of nitrogens with zero attached hydrogens (tertiary/aromatic N) is 1. The largest absolute Gasteiger partial charge is 0.368 e. The molecular formula is C16H20N2O3S2. The molecule has 3 rings (SSSR count). The Balaban J connectivity index is 2.25. The molecule has 0 spiro atoms. The van der Waals surface area contributed by atoms with E-state index in [0.717, 1.165) is 28.9 Å². The number of hydrogen-bond donors (Lipinski definition) is 1. The zero-order valence-electron chi connectivity index (χ0n) is 13.4. The second-order valence-corrected chi connectivity index (χ2v) is 9.37. The fourth-order valence-electron chi connectivity index (χ4n) is 2.88. The van der Waals surface area contributed by atoms with Gasteiger partial charge in [-0.15, -0.1) is 11.3 Å². The first-order valence-corrected chi connectivity index (χ1v) is 10.3. The van der Waals surface area contributed by atoms with Gasteiger partial charge in [0, 0.05) is 36.0 Å². The number of carbonyl (C=O) groups is 1. The number of carbonyl (C=O) groups excluding carboxylic acids is 1. The summed E-state index contributed by atoms with van der Waals surface area (Å²) in [6, 6.07) is 5.11. The van der Waals surface area contributed by atoms with Crippen molar-refractivity contribution in [2.75, 3.05) is 30.8 Å². The molecule has 5 nitrogen and oxygen atoms in total. The number of nitrogens with one attached hydrogen (secondary N) is 1. The van der Waals surface area contributed by atoms with Gasteiger partial charge in [0.15, 0.2) is 9.84 Å². The summed E-state index contributed by atoms with van der Waals surface area (Å²) in [4.78, 5) is 15.5. The highest BCUT2D eigenvalue weighted by Crippen LogP contribution is 2.40. The van der Waals surface area contributed by atoms with Crippen LogP contribution in [0, 0.1) is 5.92 Å². The number of benzene rings is 1. The molecule has 0 saturated heterocycles. The first-order valence-electron chi connectivity index (χ1n) is 7.57. The smallest absolute Gasteiger partial charge is 0.263 e. The van der Waals surface area contributed by atoms with E-state index in [1.54, 1.807) is 18.2 Å². The minimum Gasteiger partial charge on any atom is -0.368 e. The number of rotatable bonds is 3. The maximum absolute atomic E-state index is 12.3. The van der Waals surface area contributed by atoms with E-state index in [1.165, 1.54) is 17.6 Å².